The normalized spacial score (nSPS) is 19.1. The van der Waals surface area contributed by atoms with Crippen LogP contribution in [0.3, 0.4) is 0 Å². The number of aromatic nitrogens is 2. The molecule has 1 saturated heterocycles. The quantitative estimate of drug-likeness (QED) is 0.316. The van der Waals surface area contributed by atoms with Gasteiger partial charge in [0.25, 0.3) is 11.5 Å². The number of piperazine rings is 1. The molecular weight excluding hydrogens is 604 g/mol. The second-order valence-corrected chi connectivity index (χ2v) is 11.8. The summed E-state index contributed by atoms with van der Waals surface area (Å²) in [5.74, 6) is -4.21. The van der Waals surface area contributed by atoms with E-state index in [4.69, 9.17) is 15.7 Å². The predicted octanol–water partition coefficient (Wildman–Crippen LogP) is 5.06. The number of aryl methyl sites for hydroxylation is 1. The summed E-state index contributed by atoms with van der Waals surface area (Å²) >= 11 is 6.71. The van der Waals surface area contributed by atoms with Crippen molar-refractivity contribution < 1.29 is 27.6 Å². The number of halogens is 3. The summed E-state index contributed by atoms with van der Waals surface area (Å²) in [5.41, 5.74) is -1.85. The minimum absolute atomic E-state index is 0.0231. The predicted molar refractivity (Wildman–Crippen MR) is 167 cm³/mol. The van der Waals surface area contributed by atoms with Crippen molar-refractivity contribution in [2.75, 3.05) is 36.4 Å². The van der Waals surface area contributed by atoms with Crippen LogP contribution in [0, 0.1) is 18.6 Å². The molecule has 3 aliphatic rings. The van der Waals surface area contributed by atoms with Crippen molar-refractivity contribution in [1.82, 2.24) is 14.5 Å². The van der Waals surface area contributed by atoms with E-state index in [1.54, 1.807) is 19.2 Å². The number of benzene rings is 2. The molecule has 0 bridgehead atoms. The van der Waals surface area contributed by atoms with E-state index in [2.05, 4.69) is 11.6 Å². The van der Waals surface area contributed by atoms with Gasteiger partial charge in [-0.1, -0.05) is 24.2 Å². The van der Waals surface area contributed by atoms with E-state index in [0.717, 1.165) is 29.6 Å². The molecule has 0 spiro atoms. The smallest absolute Gasteiger partial charge is 0.281 e. The highest BCUT2D eigenvalue weighted by Gasteiger charge is 2.45. The molecule has 2 aromatic carbocycles. The molecule has 45 heavy (non-hydrogen) atoms. The van der Waals surface area contributed by atoms with Gasteiger partial charge in [0.15, 0.2) is 5.82 Å². The van der Waals surface area contributed by atoms with Crippen molar-refractivity contribution in [3.05, 3.63) is 87.5 Å². The summed E-state index contributed by atoms with van der Waals surface area (Å²) in [4.78, 5) is 49.4. The van der Waals surface area contributed by atoms with Crippen molar-refractivity contribution >= 4 is 45.7 Å². The average Bonchev–Trinajstić information content (AvgIpc) is 3.88. The van der Waals surface area contributed by atoms with Crippen LogP contribution in [-0.2, 0) is 9.59 Å². The lowest BCUT2D eigenvalue weighted by Gasteiger charge is -2.47. The summed E-state index contributed by atoms with van der Waals surface area (Å²) in [6.45, 7) is 1.84. The van der Waals surface area contributed by atoms with E-state index < -0.39 is 64.6 Å². The number of carbonyl (C=O) groups is 2. The van der Waals surface area contributed by atoms with Crippen LogP contribution in [0.2, 0.25) is 5.02 Å². The first-order chi connectivity index (χ1) is 22.8. The van der Waals surface area contributed by atoms with Gasteiger partial charge in [-0.15, -0.1) is 0 Å². The number of rotatable bonds is 4. The van der Waals surface area contributed by atoms with Gasteiger partial charge in [-0.2, -0.15) is 0 Å². The monoisotopic (exact) mass is 634 g/mol. The Morgan fingerprint density at radius 1 is 1.16 bits per heavy atom. The maximum absolute atomic E-state index is 17.4. The summed E-state index contributed by atoms with van der Waals surface area (Å²) in [7, 11) is 0. The molecule has 0 radical (unpaired) electrons. The van der Waals surface area contributed by atoms with Crippen molar-refractivity contribution in [2.24, 2.45) is 0 Å². The number of fused-ring (bicyclic) bond motifs is 5. The standard InChI is InChI=1S/C33H28ClF2N5O4/c1-4-23(43)39-12-13-40-21(15-39)32(44)38(3)31-30(40)18-14-19(34)24(25-20(35)6-5-7-22(25)42)26(36)29(18)41(33(31)45)28-16(2)10-11-37-27(28)17-8-9-17/h4-7,10-11,14,17,21,42H,1,8-9,12-13,15H2,2-3H3/t21-/m1/s1/i3D3. The first-order valence-electron chi connectivity index (χ1n) is 15.8. The minimum atomic E-state index is -3.17. The van der Waals surface area contributed by atoms with Gasteiger partial charge in [0, 0.05) is 47.2 Å². The van der Waals surface area contributed by atoms with Crippen molar-refractivity contribution in [2.45, 2.75) is 31.7 Å². The van der Waals surface area contributed by atoms with Gasteiger partial charge < -0.3 is 19.8 Å². The SMILES string of the molecule is [2H]C([2H])([2H])N1C(=O)[C@H]2CN(C(=O)C=C)CCN2c2c1c(=O)n(-c1c(C)ccnc1C1CC1)c1c(F)c(-c3c(O)cccc3F)c(Cl)cc21. The Morgan fingerprint density at radius 2 is 1.93 bits per heavy atom. The van der Waals surface area contributed by atoms with E-state index in [-0.39, 0.29) is 52.9 Å². The second-order valence-electron chi connectivity index (χ2n) is 11.4. The minimum Gasteiger partial charge on any atom is -0.507 e. The van der Waals surface area contributed by atoms with E-state index in [1.807, 2.05) is 0 Å². The van der Waals surface area contributed by atoms with Crippen molar-refractivity contribution in [3.63, 3.8) is 0 Å². The Labute approximate surface area is 265 Å². The molecule has 2 aromatic heterocycles. The molecule has 1 saturated carbocycles. The molecule has 1 aliphatic carbocycles. The molecule has 1 N–H and O–H groups in total. The molecule has 7 rings (SSSR count). The maximum Gasteiger partial charge on any atom is 0.281 e. The Bertz CT molecular complexity index is 2130. The van der Waals surface area contributed by atoms with Gasteiger partial charge in [0.2, 0.25) is 5.91 Å². The zero-order valence-electron chi connectivity index (χ0n) is 27.0. The van der Waals surface area contributed by atoms with Gasteiger partial charge in [-0.25, -0.2) is 8.78 Å². The number of carbonyl (C=O) groups excluding carboxylic acids is 2. The number of anilines is 2. The molecule has 1 atom stereocenters. The largest absolute Gasteiger partial charge is 0.507 e. The average molecular weight is 635 g/mol. The second kappa shape index (κ2) is 10.4. The lowest BCUT2D eigenvalue weighted by Crippen LogP contribution is -2.63. The number of hydrogen-bond donors (Lipinski definition) is 1. The number of phenolic OH excluding ortho intramolecular Hbond substituents is 1. The molecule has 2 amide bonds. The van der Waals surface area contributed by atoms with E-state index >= 15 is 8.78 Å². The van der Waals surface area contributed by atoms with Gasteiger partial charge in [0.1, 0.15) is 23.3 Å². The van der Waals surface area contributed by atoms with Crippen LogP contribution in [-0.4, -0.2) is 64.0 Å². The van der Waals surface area contributed by atoms with Crippen molar-refractivity contribution in [1.29, 1.82) is 0 Å². The highest BCUT2D eigenvalue weighted by Crippen LogP contribution is 2.48. The fraction of sp³-hybridized carbons (Fsp3) is 0.273. The topological polar surface area (TPSA) is 99.0 Å². The van der Waals surface area contributed by atoms with Gasteiger partial charge >= 0.3 is 0 Å². The Morgan fingerprint density at radius 3 is 2.62 bits per heavy atom. The summed E-state index contributed by atoms with van der Waals surface area (Å²) in [5, 5.41) is 10.3. The molecule has 9 nitrogen and oxygen atoms in total. The highest BCUT2D eigenvalue weighted by molar-refractivity contribution is 6.35. The number of likely N-dealkylation sites (N-methyl/N-ethyl adjacent to an activating group) is 1. The zero-order chi connectivity index (χ0) is 34.4. The lowest BCUT2D eigenvalue weighted by atomic mass is 9.96. The fourth-order valence-corrected chi connectivity index (χ4v) is 6.79. The Hall–Kier alpha value is -4.77. The molecule has 0 unspecified atom stereocenters. The number of phenols is 1. The van der Waals surface area contributed by atoms with Crippen molar-refractivity contribution in [3.8, 4) is 22.6 Å². The van der Waals surface area contributed by atoms with Crippen LogP contribution in [0.1, 0.15) is 34.1 Å². The molecule has 12 heteroatoms. The van der Waals surface area contributed by atoms with E-state index in [1.165, 1.54) is 28.0 Å². The third-order valence-corrected chi connectivity index (χ3v) is 9.07. The number of amides is 2. The molecule has 2 aliphatic heterocycles. The van der Waals surface area contributed by atoms with Gasteiger partial charge in [0.05, 0.1) is 39.7 Å². The molecule has 230 valence electrons. The highest BCUT2D eigenvalue weighted by atomic mass is 35.5. The third-order valence-electron chi connectivity index (χ3n) is 8.77. The lowest BCUT2D eigenvalue weighted by molar-refractivity contribution is -0.128. The summed E-state index contributed by atoms with van der Waals surface area (Å²) < 4.78 is 58.8. The zero-order valence-corrected chi connectivity index (χ0v) is 24.7. The number of pyridine rings is 2. The number of nitrogens with zero attached hydrogens (tertiary/aromatic N) is 5. The van der Waals surface area contributed by atoms with Crippen LogP contribution in [0.25, 0.3) is 27.7 Å². The first kappa shape index (κ1) is 25.5. The van der Waals surface area contributed by atoms with Gasteiger partial charge in [-0.3, -0.25) is 23.9 Å². The number of aromatic hydroxyl groups is 1. The van der Waals surface area contributed by atoms with Gasteiger partial charge in [-0.05, 0) is 55.7 Å². The van der Waals surface area contributed by atoms with E-state index in [9.17, 15) is 19.5 Å². The van der Waals surface area contributed by atoms with E-state index in [0.29, 0.717) is 16.2 Å². The molecule has 4 aromatic rings. The van der Waals surface area contributed by atoms with Crippen LogP contribution in [0.5, 0.6) is 5.75 Å². The summed E-state index contributed by atoms with van der Waals surface area (Å²) in [6.07, 6.45) is 4.13. The van der Waals surface area contributed by atoms with Crippen LogP contribution in [0.4, 0.5) is 20.2 Å². The molecule has 4 heterocycles. The van der Waals surface area contributed by atoms with Crippen LogP contribution in [0.15, 0.2) is 54.0 Å². The Balaban J connectivity index is 1.66. The molecular formula is C33H28ClF2N5O4. The maximum atomic E-state index is 17.4. The fourth-order valence-electron chi connectivity index (χ4n) is 6.51. The number of hydrogen-bond acceptors (Lipinski definition) is 6. The summed E-state index contributed by atoms with van der Waals surface area (Å²) in [6, 6.07) is 5.08. The van der Waals surface area contributed by atoms with Crippen LogP contribution < -0.4 is 15.4 Å². The molecule has 2 fully saturated rings. The third kappa shape index (κ3) is 4.24. The van der Waals surface area contributed by atoms with Crippen LogP contribution >= 0.6 is 11.6 Å². The Kier molecular flexibility index (Phi) is 5.91. The first-order valence-corrected chi connectivity index (χ1v) is 14.7.